The highest BCUT2D eigenvalue weighted by Crippen LogP contribution is 2.10. The van der Waals surface area contributed by atoms with E-state index in [1.54, 1.807) is 121 Å². The van der Waals surface area contributed by atoms with Crippen molar-refractivity contribution in [1.82, 2.24) is 37.2 Å². The molecule has 4 aromatic carbocycles. The minimum Gasteiger partial charge on any atom is -0.391 e. The molecule has 4 aromatic rings. The fourth-order valence-corrected chi connectivity index (χ4v) is 6.50. The van der Waals surface area contributed by atoms with Crippen LogP contribution in [0.15, 0.2) is 121 Å². The molecule has 1 aliphatic rings. The van der Waals surface area contributed by atoms with Gasteiger partial charge in [0.15, 0.2) is 0 Å². The van der Waals surface area contributed by atoms with Crippen molar-refractivity contribution in [2.75, 3.05) is 13.1 Å². The maximum atomic E-state index is 14.1. The Morgan fingerprint density at radius 2 is 0.712 bits per heavy atom. The van der Waals surface area contributed by atoms with Crippen LogP contribution in [0.4, 0.5) is 0 Å². The van der Waals surface area contributed by atoms with Gasteiger partial charge >= 0.3 is 0 Å². The number of hydrogen-bond donors (Lipinski definition) is 8. The summed E-state index contributed by atoms with van der Waals surface area (Å²) in [7, 11) is 0. The Hall–Kier alpha value is -6.87. The second-order valence-electron chi connectivity index (χ2n) is 14.3. The molecule has 0 bridgehead atoms. The Morgan fingerprint density at radius 3 is 1.05 bits per heavy atom. The van der Waals surface area contributed by atoms with E-state index in [0.717, 1.165) is 0 Å². The summed E-state index contributed by atoms with van der Waals surface area (Å²) in [5, 5.41) is 28.9. The number of amides is 7. The molecule has 15 nitrogen and oxygen atoms in total. The molecule has 1 saturated heterocycles. The lowest BCUT2D eigenvalue weighted by molar-refractivity contribution is -0.135. The first-order valence-corrected chi connectivity index (χ1v) is 19.3. The van der Waals surface area contributed by atoms with Crippen LogP contribution in [0, 0.1) is 0 Å². The second kappa shape index (κ2) is 21.6. The van der Waals surface area contributed by atoms with Gasteiger partial charge in [0.25, 0.3) is 0 Å². The highest BCUT2D eigenvalue weighted by Gasteiger charge is 2.33. The summed E-state index contributed by atoms with van der Waals surface area (Å²) in [6.45, 7) is 0.0771. The number of hydrogen-bond acceptors (Lipinski definition) is 8. The van der Waals surface area contributed by atoms with E-state index in [9.17, 15) is 38.7 Å². The monoisotopic (exact) mass is 803 g/mol. The van der Waals surface area contributed by atoms with Gasteiger partial charge < -0.3 is 42.3 Å². The van der Waals surface area contributed by atoms with Crippen LogP contribution < -0.4 is 37.2 Å². The Balaban J connectivity index is 1.48. The molecule has 0 spiro atoms. The minimum atomic E-state index is -1.56. The van der Waals surface area contributed by atoms with Gasteiger partial charge in [-0.05, 0) is 29.2 Å². The van der Waals surface area contributed by atoms with E-state index in [-0.39, 0.29) is 25.7 Å². The number of aliphatic hydroxyl groups excluding tert-OH is 1. The molecule has 1 heterocycles. The summed E-state index contributed by atoms with van der Waals surface area (Å²) in [5.74, 6) is -5.36. The molecule has 8 N–H and O–H groups in total. The summed E-state index contributed by atoms with van der Waals surface area (Å²) in [5.41, 5.74) is 2.75. The normalized spacial score (nSPS) is 22.1. The van der Waals surface area contributed by atoms with E-state index >= 15 is 0 Å². The maximum absolute atomic E-state index is 14.1. The third-order valence-corrected chi connectivity index (χ3v) is 9.61. The smallest absolute Gasteiger partial charge is 0.245 e. The first-order chi connectivity index (χ1) is 28.4. The Labute approximate surface area is 342 Å². The van der Waals surface area contributed by atoms with Gasteiger partial charge in [0, 0.05) is 25.7 Å². The summed E-state index contributed by atoms with van der Waals surface area (Å²) in [4.78, 5) is 96.0. The fraction of sp³-hybridized carbons (Fsp3) is 0.295. The van der Waals surface area contributed by atoms with Gasteiger partial charge in [-0.15, -0.1) is 0 Å². The summed E-state index contributed by atoms with van der Waals surface area (Å²) >= 11 is 0. The van der Waals surface area contributed by atoms with Crippen molar-refractivity contribution >= 4 is 41.4 Å². The zero-order valence-corrected chi connectivity index (χ0v) is 32.6. The van der Waals surface area contributed by atoms with Crippen LogP contribution in [0.1, 0.15) is 29.2 Å². The Bertz CT molecular complexity index is 2050. The average molecular weight is 804 g/mol. The van der Waals surface area contributed by atoms with Crippen molar-refractivity contribution in [2.24, 2.45) is 0 Å². The van der Waals surface area contributed by atoms with Crippen molar-refractivity contribution in [3.05, 3.63) is 144 Å². The van der Waals surface area contributed by atoms with Crippen LogP contribution in [0.25, 0.3) is 0 Å². The Morgan fingerprint density at radius 1 is 0.424 bits per heavy atom. The predicted octanol–water partition coefficient (Wildman–Crippen LogP) is 0.00800. The van der Waals surface area contributed by atoms with Gasteiger partial charge in [0.05, 0.1) is 19.2 Å². The average Bonchev–Trinajstić information content (AvgIpc) is 3.23. The second-order valence-corrected chi connectivity index (χ2v) is 14.3. The van der Waals surface area contributed by atoms with Crippen molar-refractivity contribution < 1.29 is 38.7 Å². The van der Waals surface area contributed by atoms with E-state index < -0.39 is 90.8 Å². The van der Waals surface area contributed by atoms with Crippen LogP contribution >= 0.6 is 0 Å². The van der Waals surface area contributed by atoms with Gasteiger partial charge in [0.2, 0.25) is 41.4 Å². The van der Waals surface area contributed by atoms with Crippen molar-refractivity contribution in [2.45, 2.75) is 68.9 Å². The van der Waals surface area contributed by atoms with Crippen molar-refractivity contribution in [3.8, 4) is 0 Å². The van der Waals surface area contributed by atoms with E-state index in [1.807, 2.05) is 0 Å². The number of carbonyl (C=O) groups excluding carboxylic acids is 7. The first kappa shape index (κ1) is 43.3. The molecule has 0 radical (unpaired) electrons. The lowest BCUT2D eigenvalue weighted by Crippen LogP contribution is -2.60. The van der Waals surface area contributed by atoms with Crippen molar-refractivity contribution in [1.29, 1.82) is 0 Å². The van der Waals surface area contributed by atoms with E-state index in [2.05, 4.69) is 37.2 Å². The van der Waals surface area contributed by atoms with Crippen LogP contribution in [0.5, 0.6) is 0 Å². The first-order valence-electron chi connectivity index (χ1n) is 19.3. The third-order valence-electron chi connectivity index (χ3n) is 9.61. The molecule has 1 aliphatic heterocycles. The van der Waals surface area contributed by atoms with Gasteiger partial charge in [-0.1, -0.05) is 121 Å². The number of rotatable bonds is 9. The molecule has 5 rings (SSSR count). The minimum absolute atomic E-state index is 0.0151. The summed E-state index contributed by atoms with van der Waals surface area (Å²) < 4.78 is 0. The van der Waals surface area contributed by atoms with E-state index in [1.165, 1.54) is 6.92 Å². The zero-order chi connectivity index (χ0) is 42.1. The lowest BCUT2D eigenvalue weighted by Gasteiger charge is -2.26. The highest BCUT2D eigenvalue weighted by molar-refractivity contribution is 5.97. The number of benzene rings is 4. The standard InChI is InChI=1S/C44H49N7O8/c1-28(52)39-44(59)50-36(25-32-20-12-5-13-21-32)43(58)49-34(23-30-16-8-3-9-17-30)40(55)45-26-37(53)47-35(24-31-18-10-4-11-19-31)42(57)48-33(22-29-14-6-2-7-15-29)41(56)46-27-38(54)51-39/h2-21,28,33-36,39,52H,22-27H2,1H3,(H,45,55)(H,46,56)(H,47,53)(H,48,57)(H,49,58)(H,50,59)(H,51,54)/t28-,33+,34+,35+,36+,39?/m1/s1. The fourth-order valence-electron chi connectivity index (χ4n) is 6.50. The Kier molecular flexibility index (Phi) is 15.8. The third kappa shape index (κ3) is 13.6. The van der Waals surface area contributed by atoms with Crippen LogP contribution in [-0.4, -0.2) is 95.9 Å². The molecule has 0 saturated carbocycles. The molecule has 0 aliphatic carbocycles. The van der Waals surface area contributed by atoms with Crippen LogP contribution in [-0.2, 0) is 59.2 Å². The SMILES string of the molecule is C[C@@H](O)C1NC(=O)CNC(=O)[C@H](Cc2ccccc2)NC(=O)[C@H](Cc2ccccc2)NC(=O)CNC(=O)[C@H](Cc2ccccc2)NC(=O)[C@H](Cc2ccccc2)NC1=O. The lowest BCUT2D eigenvalue weighted by atomic mass is 10.0. The number of nitrogens with one attached hydrogen (secondary N) is 7. The maximum Gasteiger partial charge on any atom is 0.245 e. The van der Waals surface area contributed by atoms with Gasteiger partial charge in [-0.2, -0.15) is 0 Å². The molecule has 6 atom stereocenters. The molecule has 59 heavy (non-hydrogen) atoms. The molecule has 15 heteroatoms. The summed E-state index contributed by atoms with van der Waals surface area (Å²) in [6.07, 6.45) is -1.39. The largest absolute Gasteiger partial charge is 0.391 e. The van der Waals surface area contributed by atoms with E-state index in [0.29, 0.717) is 22.3 Å². The van der Waals surface area contributed by atoms with Crippen molar-refractivity contribution in [3.63, 3.8) is 0 Å². The number of carbonyl (C=O) groups is 7. The van der Waals surface area contributed by atoms with Gasteiger partial charge in [0.1, 0.15) is 30.2 Å². The summed E-state index contributed by atoms with van der Waals surface area (Å²) in [6, 6.07) is 28.9. The van der Waals surface area contributed by atoms with Gasteiger partial charge in [-0.25, -0.2) is 0 Å². The van der Waals surface area contributed by atoms with Crippen LogP contribution in [0.2, 0.25) is 0 Å². The molecule has 0 aromatic heterocycles. The van der Waals surface area contributed by atoms with E-state index in [4.69, 9.17) is 0 Å². The van der Waals surface area contributed by atoms with Crippen LogP contribution in [0.3, 0.4) is 0 Å². The van der Waals surface area contributed by atoms with Gasteiger partial charge in [-0.3, -0.25) is 33.6 Å². The molecular formula is C44H49N7O8. The topological polar surface area (TPSA) is 224 Å². The number of aliphatic hydroxyl groups is 1. The molecule has 308 valence electrons. The molecular weight excluding hydrogens is 755 g/mol. The zero-order valence-electron chi connectivity index (χ0n) is 32.6. The quantitative estimate of drug-likeness (QED) is 0.115. The molecule has 7 amide bonds. The molecule has 1 fully saturated rings. The molecule has 1 unspecified atom stereocenters. The highest BCUT2D eigenvalue weighted by atomic mass is 16.3. The predicted molar refractivity (Wildman–Crippen MR) is 218 cm³/mol.